The number of hydrogen-bond donors (Lipinski definition) is 1. The molecular formula is C29H35N3O4S. The van der Waals surface area contributed by atoms with Gasteiger partial charge >= 0.3 is 0 Å². The number of nitrogens with one attached hydrogen (secondary N) is 1. The highest BCUT2D eigenvalue weighted by atomic mass is 32.2. The molecule has 3 rings (SSSR count). The molecule has 0 aromatic heterocycles. The van der Waals surface area contributed by atoms with Crippen molar-refractivity contribution in [2.75, 3.05) is 17.4 Å². The Morgan fingerprint density at radius 3 is 2.14 bits per heavy atom. The first-order valence-corrected chi connectivity index (χ1v) is 13.8. The van der Waals surface area contributed by atoms with Crippen LogP contribution in [0, 0.1) is 20.8 Å². The van der Waals surface area contributed by atoms with Crippen LogP contribution in [0.25, 0.3) is 0 Å². The fraction of sp³-hybridized carbons (Fsp3) is 0.310. The Morgan fingerprint density at radius 1 is 0.892 bits per heavy atom. The number of likely N-dealkylation sites (N-methyl/N-ethyl adjacent to an activating group) is 1. The van der Waals surface area contributed by atoms with Crippen LogP contribution in [-0.4, -0.2) is 44.3 Å². The molecule has 0 saturated carbocycles. The summed E-state index contributed by atoms with van der Waals surface area (Å²) >= 11 is 0. The minimum absolute atomic E-state index is 0.0885. The quantitative estimate of drug-likeness (QED) is 0.430. The lowest BCUT2D eigenvalue weighted by molar-refractivity contribution is -0.139. The summed E-state index contributed by atoms with van der Waals surface area (Å²) in [7, 11) is -4.07. The van der Waals surface area contributed by atoms with Gasteiger partial charge in [-0.1, -0.05) is 60.2 Å². The van der Waals surface area contributed by atoms with Crippen molar-refractivity contribution < 1.29 is 18.0 Å². The van der Waals surface area contributed by atoms with E-state index in [-0.39, 0.29) is 17.3 Å². The second-order valence-corrected chi connectivity index (χ2v) is 11.1. The molecule has 0 fully saturated rings. The lowest BCUT2D eigenvalue weighted by atomic mass is 10.1. The summed E-state index contributed by atoms with van der Waals surface area (Å²) in [6, 6.07) is 20.5. The number of amides is 2. The first-order chi connectivity index (χ1) is 17.5. The number of hydrogen-bond acceptors (Lipinski definition) is 4. The molecule has 0 aliphatic rings. The number of benzene rings is 3. The topological polar surface area (TPSA) is 86.8 Å². The zero-order chi connectivity index (χ0) is 27.2. The summed E-state index contributed by atoms with van der Waals surface area (Å²) in [5.74, 6) is -0.771. The zero-order valence-electron chi connectivity index (χ0n) is 22.1. The Balaban J connectivity index is 2.05. The van der Waals surface area contributed by atoms with E-state index in [1.807, 2.05) is 64.1 Å². The third-order valence-electron chi connectivity index (χ3n) is 6.24. The molecule has 1 N–H and O–H groups in total. The summed E-state index contributed by atoms with van der Waals surface area (Å²) < 4.78 is 28.8. The van der Waals surface area contributed by atoms with Crippen LogP contribution in [0.2, 0.25) is 0 Å². The van der Waals surface area contributed by atoms with Crippen LogP contribution in [0.5, 0.6) is 0 Å². The molecule has 0 aliphatic heterocycles. The van der Waals surface area contributed by atoms with Gasteiger partial charge in [0.25, 0.3) is 10.0 Å². The number of carbonyl (C=O) groups is 2. The lowest BCUT2D eigenvalue weighted by Crippen LogP contribution is -2.51. The molecule has 2 amide bonds. The van der Waals surface area contributed by atoms with Crippen LogP contribution < -0.4 is 9.62 Å². The van der Waals surface area contributed by atoms with Gasteiger partial charge in [0.2, 0.25) is 11.8 Å². The summed E-state index contributed by atoms with van der Waals surface area (Å²) in [5.41, 5.74) is 3.94. The van der Waals surface area contributed by atoms with E-state index in [0.717, 1.165) is 26.6 Å². The van der Waals surface area contributed by atoms with Crippen LogP contribution in [0.3, 0.4) is 0 Å². The Bertz CT molecular complexity index is 1340. The van der Waals surface area contributed by atoms with Crippen LogP contribution in [0.1, 0.15) is 36.1 Å². The van der Waals surface area contributed by atoms with Gasteiger partial charge in [-0.2, -0.15) is 0 Å². The van der Waals surface area contributed by atoms with Gasteiger partial charge in [-0.3, -0.25) is 13.9 Å². The van der Waals surface area contributed by atoms with Crippen molar-refractivity contribution in [3.63, 3.8) is 0 Å². The van der Waals surface area contributed by atoms with E-state index < -0.39 is 28.5 Å². The smallest absolute Gasteiger partial charge is 0.264 e. The van der Waals surface area contributed by atoms with Crippen molar-refractivity contribution >= 4 is 27.5 Å². The Kier molecular flexibility index (Phi) is 9.10. The molecule has 0 bridgehead atoms. The number of aryl methyl sites for hydroxylation is 3. The number of nitrogens with zero attached hydrogens (tertiary/aromatic N) is 2. The van der Waals surface area contributed by atoms with Crippen LogP contribution in [0.4, 0.5) is 5.69 Å². The minimum atomic E-state index is -4.07. The van der Waals surface area contributed by atoms with Gasteiger partial charge in [-0.15, -0.1) is 0 Å². The maximum absolute atomic E-state index is 13.9. The minimum Gasteiger partial charge on any atom is -0.355 e. The molecule has 37 heavy (non-hydrogen) atoms. The number of anilines is 1. The van der Waals surface area contributed by atoms with E-state index >= 15 is 0 Å². The fourth-order valence-electron chi connectivity index (χ4n) is 4.02. The molecule has 196 valence electrons. The maximum atomic E-state index is 13.9. The first-order valence-electron chi connectivity index (χ1n) is 12.3. The Labute approximate surface area is 220 Å². The largest absolute Gasteiger partial charge is 0.355 e. The average molecular weight is 522 g/mol. The van der Waals surface area contributed by atoms with E-state index in [4.69, 9.17) is 0 Å². The van der Waals surface area contributed by atoms with E-state index in [1.165, 1.54) is 17.0 Å². The molecule has 7 nitrogen and oxygen atoms in total. The lowest BCUT2D eigenvalue weighted by Gasteiger charge is -2.32. The predicted molar refractivity (Wildman–Crippen MR) is 147 cm³/mol. The van der Waals surface area contributed by atoms with Crippen LogP contribution >= 0.6 is 0 Å². The number of rotatable bonds is 10. The van der Waals surface area contributed by atoms with Crippen molar-refractivity contribution in [1.29, 1.82) is 0 Å². The van der Waals surface area contributed by atoms with Crippen molar-refractivity contribution in [1.82, 2.24) is 10.2 Å². The van der Waals surface area contributed by atoms with Crippen molar-refractivity contribution in [3.05, 3.63) is 95.1 Å². The Morgan fingerprint density at radius 2 is 1.51 bits per heavy atom. The summed E-state index contributed by atoms with van der Waals surface area (Å²) in [5, 5.41) is 2.77. The zero-order valence-corrected chi connectivity index (χ0v) is 22.9. The predicted octanol–water partition coefficient (Wildman–Crippen LogP) is 4.36. The second kappa shape index (κ2) is 12.1. The van der Waals surface area contributed by atoms with Crippen LogP contribution in [-0.2, 0) is 26.2 Å². The highest BCUT2D eigenvalue weighted by Gasteiger charge is 2.33. The molecule has 0 saturated heterocycles. The van der Waals surface area contributed by atoms with Crippen molar-refractivity contribution in [3.8, 4) is 0 Å². The van der Waals surface area contributed by atoms with Gasteiger partial charge in [0.1, 0.15) is 12.6 Å². The first kappa shape index (κ1) is 27.9. The molecule has 0 radical (unpaired) electrons. The standard InChI is InChI=1S/C29H35N3O4S/c1-6-30-29(34)24(5)31(19-25-16-13-21(2)14-17-25)28(33)20-32(27-18-22(3)12-15-23(27)4)37(35,36)26-10-8-7-9-11-26/h7-18,24H,6,19-20H2,1-5H3,(H,30,34)/t24-/m1/s1. The van der Waals surface area contributed by atoms with Gasteiger partial charge in [0, 0.05) is 13.1 Å². The molecule has 0 unspecified atom stereocenters. The fourth-order valence-corrected chi connectivity index (χ4v) is 5.51. The normalized spacial score (nSPS) is 12.0. The number of sulfonamides is 1. The molecule has 1 atom stereocenters. The van der Waals surface area contributed by atoms with Gasteiger partial charge < -0.3 is 10.2 Å². The van der Waals surface area contributed by atoms with Gasteiger partial charge in [-0.05, 0) is 69.5 Å². The van der Waals surface area contributed by atoms with Gasteiger partial charge in [0.05, 0.1) is 10.6 Å². The maximum Gasteiger partial charge on any atom is 0.264 e. The van der Waals surface area contributed by atoms with E-state index in [0.29, 0.717) is 12.2 Å². The Hall–Kier alpha value is -3.65. The number of carbonyl (C=O) groups excluding carboxylic acids is 2. The molecule has 3 aromatic carbocycles. The van der Waals surface area contributed by atoms with Crippen LogP contribution in [0.15, 0.2) is 77.7 Å². The van der Waals surface area contributed by atoms with Gasteiger partial charge in [-0.25, -0.2) is 8.42 Å². The molecule has 0 heterocycles. The third kappa shape index (κ3) is 6.77. The van der Waals surface area contributed by atoms with Crippen molar-refractivity contribution in [2.45, 2.75) is 52.1 Å². The van der Waals surface area contributed by atoms with Crippen molar-refractivity contribution in [2.24, 2.45) is 0 Å². The second-order valence-electron chi connectivity index (χ2n) is 9.19. The van der Waals surface area contributed by atoms with E-state index in [2.05, 4.69) is 5.32 Å². The third-order valence-corrected chi connectivity index (χ3v) is 8.01. The molecule has 3 aromatic rings. The van der Waals surface area contributed by atoms with E-state index in [1.54, 1.807) is 31.2 Å². The molecule has 8 heteroatoms. The molecular weight excluding hydrogens is 486 g/mol. The van der Waals surface area contributed by atoms with E-state index in [9.17, 15) is 18.0 Å². The molecule has 0 aliphatic carbocycles. The highest BCUT2D eigenvalue weighted by molar-refractivity contribution is 7.92. The summed E-state index contributed by atoms with van der Waals surface area (Å²) in [6.45, 7) is 9.28. The summed E-state index contributed by atoms with van der Waals surface area (Å²) in [6.07, 6.45) is 0. The average Bonchev–Trinajstić information content (AvgIpc) is 2.88. The van der Waals surface area contributed by atoms with Gasteiger partial charge in [0.15, 0.2) is 0 Å². The highest BCUT2D eigenvalue weighted by Crippen LogP contribution is 2.28. The molecule has 0 spiro atoms. The monoisotopic (exact) mass is 521 g/mol. The summed E-state index contributed by atoms with van der Waals surface area (Å²) in [4.78, 5) is 28.2. The SMILES string of the molecule is CCNC(=O)[C@@H](C)N(Cc1ccc(C)cc1)C(=O)CN(c1cc(C)ccc1C)S(=O)(=O)c1ccccc1.